The van der Waals surface area contributed by atoms with Crippen LogP contribution in [-0.4, -0.2) is 108 Å². The number of furan rings is 2. The van der Waals surface area contributed by atoms with E-state index in [1.807, 2.05) is 10.0 Å². The molecule has 5 heterocycles. The van der Waals surface area contributed by atoms with Gasteiger partial charge in [0.25, 0.3) is 0 Å². The van der Waals surface area contributed by atoms with Gasteiger partial charge in [-0.3, -0.25) is 20.4 Å². The van der Waals surface area contributed by atoms with Gasteiger partial charge in [-0.1, -0.05) is 46.4 Å². The van der Waals surface area contributed by atoms with Crippen molar-refractivity contribution in [3.05, 3.63) is 128 Å². The third-order valence-electron chi connectivity index (χ3n) is 11.3. The molecule has 6 aromatic rings. The molecule has 15 nitrogen and oxygen atoms in total. The summed E-state index contributed by atoms with van der Waals surface area (Å²) in [6, 6.07) is 22.7. The van der Waals surface area contributed by atoms with Crippen molar-refractivity contribution in [1.29, 1.82) is 0 Å². The number of epoxide rings is 1. The lowest BCUT2D eigenvalue weighted by Gasteiger charge is -2.32. The lowest BCUT2D eigenvalue weighted by atomic mass is 9.92. The van der Waals surface area contributed by atoms with E-state index in [0.717, 1.165) is 75.7 Å². The zero-order chi connectivity index (χ0) is 52.8. The molecule has 0 spiro atoms. The third kappa shape index (κ3) is 18.5. The molecule has 4 aromatic carbocycles. The maximum atomic E-state index is 13.5. The highest BCUT2D eigenvalue weighted by Crippen LogP contribution is 2.27. The number of nitrogens with two attached hydrogens (primary N) is 1. The van der Waals surface area contributed by atoms with Crippen LogP contribution in [0.1, 0.15) is 59.6 Å². The van der Waals surface area contributed by atoms with Gasteiger partial charge in [-0.25, -0.2) is 23.6 Å². The topological polar surface area (TPSA) is 205 Å². The van der Waals surface area contributed by atoms with E-state index < -0.39 is 29.9 Å². The van der Waals surface area contributed by atoms with Crippen molar-refractivity contribution in [3.8, 4) is 11.5 Å². The summed E-state index contributed by atoms with van der Waals surface area (Å²) >= 11 is 23.1. The molecule has 24 heteroatoms. The van der Waals surface area contributed by atoms with Crippen molar-refractivity contribution in [3.63, 3.8) is 0 Å². The number of fused-ring (bicyclic) bond motifs is 2. The molecule has 0 aliphatic carbocycles. The van der Waals surface area contributed by atoms with Crippen LogP contribution in [0.15, 0.2) is 93.8 Å². The molecule has 2 unspecified atom stereocenters. The number of ether oxygens (including phenoxy) is 3. The van der Waals surface area contributed by atoms with Gasteiger partial charge < -0.3 is 39.0 Å². The number of rotatable bonds is 13. The maximum Gasteiger partial charge on any atom is 0.490 e. The molecule has 0 saturated carbocycles. The van der Waals surface area contributed by atoms with Gasteiger partial charge in [0.1, 0.15) is 53.6 Å². The van der Waals surface area contributed by atoms with Crippen molar-refractivity contribution < 1.29 is 69.6 Å². The number of aliphatic hydroxyl groups excluding tert-OH is 1. The zero-order valence-electron chi connectivity index (χ0n) is 38.6. The standard InChI is InChI=1S/C24H25Cl2FN2O4.C14H16ClN3O2.C9H8ClFO2.C2HF3O2/c25-17-2-6-22-16(11-17)12-23(33-22)24(31)28-29-9-7-15(8-10-29)1-3-18(30)14-32-19-4-5-20(26)21(27)13-19;15-10-1-2-12-9(7-10)8-13(20-12)14(19)17-18-5-3-11(16)4-6-18;10-8-2-1-6(3-9(8)11)12-4-7-5-13-7;3-2(4,5)1(6)7/h2,4-6,11-13,15,18,30H,1,3,7-10,14H2,(H,28,31);1-2,7-8,11H,3-6,16H2,(H,17,19);1-3,7H,4-5H2;(H,6,7). The molecule has 0 radical (unpaired) electrons. The van der Waals surface area contributed by atoms with Gasteiger partial charge in [-0.05, 0) is 117 Å². The number of aliphatic hydroxyl groups is 1. The van der Waals surface area contributed by atoms with E-state index in [9.17, 15) is 36.6 Å². The molecule has 0 bridgehead atoms. The molecule has 2 amide bonds. The second-order valence-corrected chi connectivity index (χ2v) is 18.7. The van der Waals surface area contributed by atoms with Crippen molar-refractivity contribution >= 4 is 86.1 Å². The fraction of sp³-hybridized carbons (Fsp3) is 0.367. The zero-order valence-corrected chi connectivity index (χ0v) is 41.6. The highest BCUT2D eigenvalue weighted by molar-refractivity contribution is 6.32. The SMILES string of the molecule is Fc1cc(OCC2CO2)ccc1Cl.NC1CCN(NC(=O)c2cc3cc(Cl)ccc3o2)CC1.O=C(NN1CCC(CCC(O)COc2ccc(Cl)c(F)c2)CC1)c1cc2cc(Cl)ccc2o1.O=C(O)C(F)(F)F. The van der Waals surface area contributed by atoms with Crippen LogP contribution in [0.3, 0.4) is 0 Å². The summed E-state index contributed by atoms with van der Waals surface area (Å²) in [5.41, 5.74) is 12.8. The highest BCUT2D eigenvalue weighted by Gasteiger charge is 2.38. The Morgan fingerprint density at radius 1 is 0.712 bits per heavy atom. The Labute approximate surface area is 435 Å². The lowest BCUT2D eigenvalue weighted by Crippen LogP contribution is -2.49. The van der Waals surface area contributed by atoms with Crippen LogP contribution in [0.5, 0.6) is 11.5 Å². The van der Waals surface area contributed by atoms with E-state index in [0.29, 0.717) is 51.7 Å². The van der Waals surface area contributed by atoms with Crippen LogP contribution >= 0.6 is 46.4 Å². The Morgan fingerprint density at radius 3 is 1.60 bits per heavy atom. The van der Waals surface area contributed by atoms with Crippen molar-refractivity contribution in [2.24, 2.45) is 11.7 Å². The van der Waals surface area contributed by atoms with Crippen molar-refractivity contribution in [1.82, 2.24) is 20.9 Å². The second-order valence-electron chi connectivity index (χ2n) is 17.0. The summed E-state index contributed by atoms with van der Waals surface area (Å²) in [6.07, 6.45) is -0.508. The number of hydrogen-bond donors (Lipinski definition) is 5. The van der Waals surface area contributed by atoms with Gasteiger partial charge in [0.15, 0.2) is 11.5 Å². The van der Waals surface area contributed by atoms with E-state index >= 15 is 0 Å². The molecular weight excluding hydrogens is 1060 g/mol. The minimum absolute atomic E-state index is 0.0351. The number of carbonyl (C=O) groups is 3. The Bertz CT molecular complexity index is 2800. The number of nitrogens with zero attached hydrogens (tertiary/aromatic N) is 2. The minimum atomic E-state index is -5.08. The number of amides is 2. The molecule has 394 valence electrons. The predicted octanol–water partition coefficient (Wildman–Crippen LogP) is 10.5. The number of aliphatic carboxylic acids is 1. The number of hydrogen-bond acceptors (Lipinski definition) is 12. The molecule has 3 aliphatic rings. The van der Waals surface area contributed by atoms with Crippen LogP contribution in [-0.2, 0) is 9.53 Å². The Kier molecular flexibility index (Phi) is 20.8. The van der Waals surface area contributed by atoms with Crippen molar-refractivity contribution in [2.45, 2.75) is 63.0 Å². The highest BCUT2D eigenvalue weighted by atomic mass is 35.5. The fourth-order valence-electron chi connectivity index (χ4n) is 7.18. The first-order valence-electron chi connectivity index (χ1n) is 22.7. The molecule has 2 atom stereocenters. The molecule has 3 saturated heterocycles. The van der Waals surface area contributed by atoms with Gasteiger partial charge in [0, 0.05) is 65.2 Å². The van der Waals surface area contributed by atoms with Crippen LogP contribution in [0.4, 0.5) is 22.0 Å². The van der Waals surface area contributed by atoms with Crippen LogP contribution in [0, 0.1) is 17.6 Å². The predicted molar refractivity (Wildman–Crippen MR) is 263 cm³/mol. The number of nitrogens with one attached hydrogen (secondary N) is 2. The average Bonchev–Trinajstić information content (AvgIpc) is 3.94. The van der Waals surface area contributed by atoms with E-state index in [1.165, 1.54) is 24.3 Å². The summed E-state index contributed by atoms with van der Waals surface area (Å²) in [5.74, 6) is -2.48. The van der Waals surface area contributed by atoms with Crippen molar-refractivity contribution in [2.75, 3.05) is 46.0 Å². The average molecular weight is 1110 g/mol. The number of alkyl halides is 3. The van der Waals surface area contributed by atoms with Gasteiger partial charge in [0.05, 0.1) is 22.8 Å². The van der Waals surface area contributed by atoms with Crippen LogP contribution < -0.4 is 26.1 Å². The number of benzene rings is 4. The molecule has 2 aromatic heterocycles. The fourth-order valence-corrected chi connectivity index (χ4v) is 7.78. The number of carboxylic acid groups (broad SMARTS) is 1. The monoisotopic (exact) mass is 1100 g/mol. The Morgan fingerprint density at radius 2 is 1.16 bits per heavy atom. The first-order chi connectivity index (χ1) is 34.7. The molecule has 3 aliphatic heterocycles. The molecule has 6 N–H and O–H groups in total. The largest absolute Gasteiger partial charge is 0.491 e. The molecule has 3 fully saturated rings. The van der Waals surface area contributed by atoms with Gasteiger partial charge in [-0.15, -0.1) is 0 Å². The maximum absolute atomic E-state index is 13.5. The summed E-state index contributed by atoms with van der Waals surface area (Å²) in [5, 5.41) is 24.1. The normalized spacial score (nSPS) is 16.7. The summed E-state index contributed by atoms with van der Waals surface area (Å²) < 4.78 is 84.8. The van der Waals surface area contributed by atoms with Crippen LogP contribution in [0.2, 0.25) is 20.1 Å². The summed E-state index contributed by atoms with van der Waals surface area (Å²) in [6.45, 7) is 4.27. The molecular formula is C49H50Cl4F5N5O10. The first-order valence-corrected chi connectivity index (χ1v) is 24.2. The second kappa shape index (κ2) is 26.7. The van der Waals surface area contributed by atoms with Gasteiger partial charge in [0.2, 0.25) is 0 Å². The minimum Gasteiger partial charge on any atom is -0.491 e. The number of carboxylic acids is 1. The summed E-state index contributed by atoms with van der Waals surface area (Å²) in [7, 11) is 0. The lowest BCUT2D eigenvalue weighted by molar-refractivity contribution is -0.192. The van der Waals surface area contributed by atoms with E-state index in [1.54, 1.807) is 60.7 Å². The number of carbonyl (C=O) groups excluding carboxylic acids is 2. The smallest absolute Gasteiger partial charge is 0.490 e. The third-order valence-corrected chi connectivity index (χ3v) is 12.4. The summed E-state index contributed by atoms with van der Waals surface area (Å²) in [4.78, 5) is 33.6. The van der Waals surface area contributed by atoms with E-state index in [-0.39, 0.29) is 52.1 Å². The first kappa shape index (κ1) is 56.9. The molecule has 9 rings (SSSR count). The van der Waals surface area contributed by atoms with E-state index in [4.69, 9.17) is 85.1 Å². The van der Waals surface area contributed by atoms with E-state index in [2.05, 4.69) is 10.9 Å². The number of halogens is 9. The quantitative estimate of drug-likeness (QED) is 0.0540. The van der Waals surface area contributed by atoms with Crippen LogP contribution in [0.25, 0.3) is 21.9 Å². The Balaban J connectivity index is 0.000000183. The molecule has 73 heavy (non-hydrogen) atoms. The number of piperidine rings is 2. The van der Waals surface area contributed by atoms with Gasteiger partial charge in [-0.2, -0.15) is 13.2 Å². The van der Waals surface area contributed by atoms with Gasteiger partial charge >= 0.3 is 24.0 Å². The Hall–Kier alpha value is -5.42. The number of hydrazine groups is 2.